The Kier molecular flexibility index (Phi) is 7.08. The molecule has 0 bridgehead atoms. The predicted molar refractivity (Wildman–Crippen MR) is 131 cm³/mol. The van der Waals surface area contributed by atoms with Crippen LogP contribution in [0.4, 0.5) is 19.0 Å². The van der Waals surface area contributed by atoms with Gasteiger partial charge in [0.1, 0.15) is 18.0 Å². The second-order valence-corrected chi connectivity index (χ2v) is 8.65. The summed E-state index contributed by atoms with van der Waals surface area (Å²) in [5, 5.41) is 26.6. The number of nitrogens with zero attached hydrogens (tertiary/aromatic N) is 4. The van der Waals surface area contributed by atoms with Crippen LogP contribution in [-0.4, -0.2) is 67.4 Å². The van der Waals surface area contributed by atoms with E-state index >= 15 is 0 Å². The van der Waals surface area contributed by atoms with Crippen molar-refractivity contribution in [3.8, 4) is 17.1 Å². The Balaban J connectivity index is 1.62. The molecule has 0 aliphatic carbocycles. The van der Waals surface area contributed by atoms with E-state index in [4.69, 9.17) is 4.74 Å². The number of fused-ring (bicyclic) bond motifs is 1. The van der Waals surface area contributed by atoms with E-state index in [0.717, 1.165) is 11.6 Å². The molecule has 14 heteroatoms. The highest BCUT2D eigenvalue weighted by Gasteiger charge is 2.47. The number of para-hydroxylation sites is 1. The molecule has 2 aromatic heterocycles. The molecule has 0 spiro atoms. The maximum atomic E-state index is 13.1. The summed E-state index contributed by atoms with van der Waals surface area (Å²) in [4.78, 5) is 25.4. The zero-order chi connectivity index (χ0) is 27.7. The van der Waals surface area contributed by atoms with Gasteiger partial charge in [-0.2, -0.15) is 0 Å². The van der Waals surface area contributed by atoms with Gasteiger partial charge in [0, 0.05) is 13.6 Å². The van der Waals surface area contributed by atoms with E-state index in [1.54, 1.807) is 0 Å². The van der Waals surface area contributed by atoms with Gasteiger partial charge in [0.05, 0.1) is 11.9 Å². The molecule has 3 unspecified atom stereocenters. The van der Waals surface area contributed by atoms with Crippen molar-refractivity contribution in [1.82, 2.24) is 24.8 Å². The molecule has 204 valence electrons. The van der Waals surface area contributed by atoms with Crippen LogP contribution in [0, 0.1) is 0 Å². The number of ether oxygens (including phenoxy) is 2. The van der Waals surface area contributed by atoms with Crippen LogP contribution in [0.15, 0.2) is 60.9 Å². The highest BCUT2D eigenvalue weighted by atomic mass is 19.4. The number of aliphatic hydroxyl groups excluding tert-OH is 2. The number of nitrogens with one attached hydrogen (secondary N) is 2. The van der Waals surface area contributed by atoms with Crippen LogP contribution < -0.4 is 15.4 Å². The Hall–Kier alpha value is -4.27. The highest BCUT2D eigenvalue weighted by Crippen LogP contribution is 2.36. The predicted octanol–water partition coefficient (Wildman–Crippen LogP) is 2.37. The molecule has 11 nitrogen and oxygen atoms in total. The number of rotatable bonds is 7. The minimum absolute atomic E-state index is 0.0524. The first-order valence-electron chi connectivity index (χ1n) is 11.8. The van der Waals surface area contributed by atoms with Gasteiger partial charge in [-0.25, -0.2) is 15.0 Å². The normalized spacial score (nSPS) is 21.2. The third-order valence-corrected chi connectivity index (χ3v) is 6.10. The van der Waals surface area contributed by atoms with E-state index in [0.29, 0.717) is 6.54 Å². The SMILES string of the molecule is CNC(=O)[C@@H]1OC(n2cnc3c(NCc4ccccc4)nc(-c4ccccc4OC(F)(F)F)nc32)C(O)C1O. The lowest BCUT2D eigenvalue weighted by Gasteiger charge is -2.17. The molecule has 1 saturated heterocycles. The first-order chi connectivity index (χ1) is 18.7. The van der Waals surface area contributed by atoms with Gasteiger partial charge in [0.15, 0.2) is 35.1 Å². The van der Waals surface area contributed by atoms with Crippen LogP contribution >= 0.6 is 0 Å². The topological polar surface area (TPSA) is 144 Å². The van der Waals surface area contributed by atoms with Crippen molar-refractivity contribution < 1.29 is 37.7 Å². The average molecular weight is 544 g/mol. The van der Waals surface area contributed by atoms with Crippen LogP contribution in [-0.2, 0) is 16.1 Å². The van der Waals surface area contributed by atoms with Gasteiger partial charge < -0.3 is 30.3 Å². The highest BCUT2D eigenvalue weighted by molar-refractivity contribution is 5.86. The minimum Gasteiger partial charge on any atom is -0.405 e. The van der Waals surface area contributed by atoms with Crippen molar-refractivity contribution in [1.29, 1.82) is 0 Å². The number of aromatic nitrogens is 4. The Morgan fingerprint density at radius 2 is 1.79 bits per heavy atom. The first-order valence-corrected chi connectivity index (χ1v) is 11.8. The molecule has 4 atom stereocenters. The fourth-order valence-electron chi connectivity index (χ4n) is 4.24. The second-order valence-electron chi connectivity index (χ2n) is 8.65. The maximum Gasteiger partial charge on any atom is 0.573 e. The van der Waals surface area contributed by atoms with Gasteiger partial charge in [-0.3, -0.25) is 9.36 Å². The van der Waals surface area contributed by atoms with Crippen LogP contribution in [0.5, 0.6) is 5.75 Å². The van der Waals surface area contributed by atoms with E-state index in [1.807, 2.05) is 30.3 Å². The van der Waals surface area contributed by atoms with Gasteiger partial charge in [-0.1, -0.05) is 42.5 Å². The molecule has 0 saturated carbocycles. The molecule has 5 rings (SSSR count). The summed E-state index contributed by atoms with van der Waals surface area (Å²) >= 11 is 0. The Morgan fingerprint density at radius 1 is 1.08 bits per heavy atom. The fourth-order valence-corrected chi connectivity index (χ4v) is 4.24. The molecule has 1 amide bonds. The van der Waals surface area contributed by atoms with Crippen molar-refractivity contribution in [2.24, 2.45) is 0 Å². The third-order valence-electron chi connectivity index (χ3n) is 6.10. The van der Waals surface area contributed by atoms with E-state index in [2.05, 4.69) is 30.3 Å². The molecule has 1 aliphatic rings. The Bertz CT molecular complexity index is 1480. The molecule has 4 N–H and O–H groups in total. The number of hydrogen-bond donors (Lipinski definition) is 4. The first kappa shape index (κ1) is 26.3. The van der Waals surface area contributed by atoms with Gasteiger partial charge in [0.2, 0.25) is 0 Å². The molecule has 3 heterocycles. The molecule has 0 radical (unpaired) electrons. The Labute approximate surface area is 219 Å². The zero-order valence-electron chi connectivity index (χ0n) is 20.3. The summed E-state index contributed by atoms with van der Waals surface area (Å²) in [5.74, 6) is -1.10. The number of benzene rings is 2. The standard InChI is InChI=1S/C25H23F3N6O5/c1-29-23(37)19-17(35)18(36)24(38-19)34-12-31-16-21(30-11-13-7-3-2-4-8-13)32-20(33-22(16)34)14-9-5-6-10-15(14)39-25(26,27)28/h2-10,12,17-19,24,35-36H,11H2,1H3,(H,29,37)(H,30,32,33)/t17?,18?,19-,24?/m1/s1. The molecule has 39 heavy (non-hydrogen) atoms. The summed E-state index contributed by atoms with van der Waals surface area (Å²) in [7, 11) is 1.36. The lowest BCUT2D eigenvalue weighted by Crippen LogP contribution is -2.41. The summed E-state index contributed by atoms with van der Waals surface area (Å²) in [6.45, 7) is 0.306. The largest absolute Gasteiger partial charge is 0.573 e. The fraction of sp³-hybridized carbons (Fsp3) is 0.280. The van der Waals surface area contributed by atoms with Gasteiger partial charge in [0.25, 0.3) is 5.91 Å². The van der Waals surface area contributed by atoms with Crippen molar-refractivity contribution in [3.05, 3.63) is 66.5 Å². The monoisotopic (exact) mass is 544 g/mol. The number of carbonyl (C=O) groups is 1. The van der Waals surface area contributed by atoms with Crippen molar-refractivity contribution in [2.45, 2.75) is 37.4 Å². The average Bonchev–Trinajstić information content (AvgIpc) is 3.47. The number of alkyl halides is 3. The van der Waals surface area contributed by atoms with Crippen LogP contribution in [0.2, 0.25) is 0 Å². The van der Waals surface area contributed by atoms with Gasteiger partial charge in [-0.15, -0.1) is 13.2 Å². The maximum absolute atomic E-state index is 13.1. The molecular weight excluding hydrogens is 521 g/mol. The summed E-state index contributed by atoms with van der Waals surface area (Å²) < 4.78 is 50.5. The minimum atomic E-state index is -4.96. The number of halogens is 3. The molecular formula is C25H23F3N6O5. The number of anilines is 1. The van der Waals surface area contributed by atoms with E-state index in [1.165, 1.54) is 36.1 Å². The van der Waals surface area contributed by atoms with Crippen LogP contribution in [0.3, 0.4) is 0 Å². The number of imidazole rings is 1. The second kappa shape index (κ2) is 10.5. The molecule has 2 aromatic carbocycles. The lowest BCUT2D eigenvalue weighted by molar-refractivity contribution is -0.274. The molecule has 4 aromatic rings. The quantitative estimate of drug-likeness (QED) is 0.276. The van der Waals surface area contributed by atoms with E-state index in [9.17, 15) is 28.2 Å². The molecule has 1 fully saturated rings. The smallest absolute Gasteiger partial charge is 0.405 e. The van der Waals surface area contributed by atoms with E-state index < -0.39 is 42.6 Å². The van der Waals surface area contributed by atoms with Crippen LogP contribution in [0.25, 0.3) is 22.6 Å². The van der Waals surface area contributed by atoms with Crippen molar-refractivity contribution in [3.63, 3.8) is 0 Å². The van der Waals surface area contributed by atoms with Crippen molar-refractivity contribution >= 4 is 22.9 Å². The summed E-state index contributed by atoms with van der Waals surface area (Å²) in [6.07, 6.45) is -9.41. The number of hydrogen-bond acceptors (Lipinski definition) is 9. The number of likely N-dealkylation sites (N-methyl/N-ethyl adjacent to an activating group) is 1. The lowest BCUT2D eigenvalue weighted by atomic mass is 10.1. The van der Waals surface area contributed by atoms with Crippen molar-refractivity contribution in [2.75, 3.05) is 12.4 Å². The summed E-state index contributed by atoms with van der Waals surface area (Å²) in [6, 6.07) is 14.7. The Morgan fingerprint density at radius 3 is 2.51 bits per heavy atom. The zero-order valence-corrected chi connectivity index (χ0v) is 20.3. The van der Waals surface area contributed by atoms with Crippen LogP contribution in [0.1, 0.15) is 11.8 Å². The number of carbonyl (C=O) groups excluding carboxylic acids is 1. The third kappa shape index (κ3) is 5.34. The van der Waals surface area contributed by atoms with Gasteiger partial charge in [-0.05, 0) is 17.7 Å². The molecule has 1 aliphatic heterocycles. The number of aliphatic hydroxyl groups is 2. The van der Waals surface area contributed by atoms with E-state index in [-0.39, 0.29) is 28.4 Å². The number of amides is 1. The van der Waals surface area contributed by atoms with Gasteiger partial charge >= 0.3 is 6.36 Å². The summed E-state index contributed by atoms with van der Waals surface area (Å²) in [5.41, 5.74) is 1.14.